The Morgan fingerprint density at radius 1 is 1.19 bits per heavy atom. The monoisotopic (exact) mass is 310 g/mol. The van der Waals surface area contributed by atoms with Crippen LogP contribution < -0.4 is 10.0 Å². The summed E-state index contributed by atoms with van der Waals surface area (Å²) < 4.78 is 27.4. The topological polar surface area (TPSA) is 58.2 Å². The Kier molecular flexibility index (Phi) is 5.79. The fourth-order valence-electron chi connectivity index (χ4n) is 2.43. The first kappa shape index (κ1) is 16.5. The first-order chi connectivity index (χ1) is 10.1. The number of nitrogens with one attached hydrogen (secondary N) is 2. The van der Waals surface area contributed by atoms with Gasteiger partial charge < -0.3 is 5.32 Å². The number of benzene rings is 1. The lowest BCUT2D eigenvalue weighted by Gasteiger charge is -2.12. The lowest BCUT2D eigenvalue weighted by Crippen LogP contribution is -2.25. The minimum atomic E-state index is -3.38. The smallest absolute Gasteiger partial charge is 0.240 e. The van der Waals surface area contributed by atoms with Gasteiger partial charge in [0.1, 0.15) is 0 Å². The molecule has 1 saturated carbocycles. The molecule has 1 aromatic carbocycles. The maximum absolute atomic E-state index is 12.3. The molecular weight excluding hydrogens is 284 g/mol. The molecule has 0 aromatic heterocycles. The summed E-state index contributed by atoms with van der Waals surface area (Å²) in [5.74, 6) is 0.736. The van der Waals surface area contributed by atoms with Crippen molar-refractivity contribution in [3.05, 3.63) is 29.3 Å². The minimum absolute atomic E-state index is 0.378. The average molecular weight is 310 g/mol. The van der Waals surface area contributed by atoms with E-state index in [-0.39, 0.29) is 0 Å². The van der Waals surface area contributed by atoms with E-state index in [2.05, 4.69) is 17.0 Å². The Hall–Kier alpha value is -0.910. The first-order valence-electron chi connectivity index (χ1n) is 7.89. The molecule has 118 valence electrons. The predicted octanol–water partition coefficient (Wildman–Crippen LogP) is 2.44. The third kappa shape index (κ3) is 4.80. The van der Waals surface area contributed by atoms with Gasteiger partial charge in [-0.2, -0.15) is 0 Å². The van der Waals surface area contributed by atoms with E-state index in [4.69, 9.17) is 0 Å². The molecule has 0 saturated heterocycles. The molecule has 0 amide bonds. The fraction of sp³-hybridized carbons (Fsp3) is 0.625. The van der Waals surface area contributed by atoms with Crippen molar-refractivity contribution in [2.45, 2.75) is 51.0 Å². The zero-order valence-electron chi connectivity index (χ0n) is 13.0. The van der Waals surface area contributed by atoms with Crippen molar-refractivity contribution in [2.75, 3.05) is 13.1 Å². The molecule has 4 nitrogen and oxygen atoms in total. The van der Waals surface area contributed by atoms with E-state index >= 15 is 0 Å². The molecule has 0 atom stereocenters. The fourth-order valence-corrected chi connectivity index (χ4v) is 3.52. The van der Waals surface area contributed by atoms with Crippen molar-refractivity contribution in [1.29, 1.82) is 0 Å². The highest BCUT2D eigenvalue weighted by Crippen LogP contribution is 2.31. The number of rotatable bonds is 9. The van der Waals surface area contributed by atoms with E-state index in [1.54, 1.807) is 12.1 Å². The lowest BCUT2D eigenvalue weighted by molar-refractivity contribution is 0.575. The molecule has 0 radical (unpaired) electrons. The first-order valence-corrected chi connectivity index (χ1v) is 9.37. The molecular formula is C16H26N2O2S. The number of aryl methyl sites for hydroxylation is 1. The zero-order chi connectivity index (χ0) is 15.3. The third-order valence-electron chi connectivity index (χ3n) is 3.98. The van der Waals surface area contributed by atoms with Crippen molar-refractivity contribution in [3.8, 4) is 0 Å². The van der Waals surface area contributed by atoms with Gasteiger partial charge in [0.05, 0.1) is 4.90 Å². The van der Waals surface area contributed by atoms with Crippen molar-refractivity contribution in [3.63, 3.8) is 0 Å². The van der Waals surface area contributed by atoms with Gasteiger partial charge in [-0.1, -0.05) is 32.8 Å². The molecule has 2 rings (SSSR count). The highest BCUT2D eigenvalue weighted by molar-refractivity contribution is 7.89. The van der Waals surface area contributed by atoms with Crippen LogP contribution in [0.15, 0.2) is 23.1 Å². The summed E-state index contributed by atoms with van der Waals surface area (Å²) in [7, 11) is -3.38. The molecule has 0 bridgehead atoms. The second kappa shape index (κ2) is 7.38. The molecule has 0 unspecified atom stereocenters. The summed E-state index contributed by atoms with van der Waals surface area (Å²) in [4.78, 5) is 0.378. The molecule has 0 heterocycles. The van der Waals surface area contributed by atoms with Gasteiger partial charge in [0.15, 0.2) is 0 Å². The van der Waals surface area contributed by atoms with Gasteiger partial charge in [0.2, 0.25) is 10.0 Å². The Morgan fingerprint density at radius 3 is 2.57 bits per heavy atom. The van der Waals surface area contributed by atoms with Gasteiger partial charge in [-0.3, -0.25) is 0 Å². The predicted molar refractivity (Wildman–Crippen MR) is 85.7 cm³/mol. The minimum Gasteiger partial charge on any atom is -0.313 e. The third-order valence-corrected chi connectivity index (χ3v) is 5.43. The second-order valence-corrected chi connectivity index (χ2v) is 7.46. The molecule has 21 heavy (non-hydrogen) atoms. The van der Waals surface area contributed by atoms with Crippen LogP contribution in [-0.2, 0) is 23.0 Å². The summed E-state index contributed by atoms with van der Waals surface area (Å²) >= 11 is 0. The quantitative estimate of drug-likeness (QED) is 0.736. The Morgan fingerprint density at radius 2 is 1.95 bits per heavy atom. The molecule has 0 spiro atoms. The number of hydrogen-bond donors (Lipinski definition) is 2. The van der Waals surface area contributed by atoms with Crippen LogP contribution in [0.1, 0.15) is 44.2 Å². The average Bonchev–Trinajstić information content (AvgIpc) is 3.28. The van der Waals surface area contributed by atoms with Gasteiger partial charge in [-0.15, -0.1) is 0 Å². The largest absolute Gasteiger partial charge is 0.313 e. The second-order valence-electron chi connectivity index (χ2n) is 5.69. The van der Waals surface area contributed by atoms with Gasteiger partial charge in [0, 0.05) is 13.1 Å². The van der Waals surface area contributed by atoms with Gasteiger partial charge >= 0.3 is 0 Å². The van der Waals surface area contributed by atoms with Crippen LogP contribution in [0.4, 0.5) is 0 Å². The van der Waals surface area contributed by atoms with Gasteiger partial charge in [-0.25, -0.2) is 13.1 Å². The van der Waals surface area contributed by atoms with Gasteiger partial charge in [-0.05, 0) is 48.6 Å². The van der Waals surface area contributed by atoms with Crippen LogP contribution in [0.3, 0.4) is 0 Å². The van der Waals surface area contributed by atoms with Crippen LogP contribution in [0.2, 0.25) is 0 Å². The molecule has 1 aromatic rings. The molecule has 0 aliphatic heterocycles. The van der Waals surface area contributed by atoms with E-state index in [9.17, 15) is 8.42 Å². The summed E-state index contributed by atoms with van der Waals surface area (Å²) in [5, 5.41) is 3.27. The van der Waals surface area contributed by atoms with E-state index in [1.807, 2.05) is 13.0 Å². The maximum atomic E-state index is 12.3. The van der Waals surface area contributed by atoms with Crippen molar-refractivity contribution >= 4 is 10.0 Å². The molecule has 1 fully saturated rings. The standard InChI is InChI=1S/C16H26N2O2S/c1-3-14-7-8-16(11-15(14)12-17-4-2)21(19,20)18-10-9-13-5-6-13/h7-8,11,13,17-18H,3-6,9-10,12H2,1-2H3. The molecule has 1 aliphatic rings. The van der Waals surface area contributed by atoms with E-state index in [1.165, 1.54) is 18.4 Å². The summed E-state index contributed by atoms with van der Waals surface area (Å²) in [6.07, 6.45) is 4.37. The number of sulfonamides is 1. The molecule has 2 N–H and O–H groups in total. The molecule has 5 heteroatoms. The van der Waals surface area contributed by atoms with Crippen LogP contribution in [0.5, 0.6) is 0 Å². The summed E-state index contributed by atoms with van der Waals surface area (Å²) in [6, 6.07) is 5.46. The number of hydrogen-bond acceptors (Lipinski definition) is 3. The Balaban J connectivity index is 2.09. The Labute approximate surface area is 128 Å². The molecule has 1 aliphatic carbocycles. The van der Waals surface area contributed by atoms with Crippen LogP contribution in [0.25, 0.3) is 0 Å². The van der Waals surface area contributed by atoms with Crippen LogP contribution in [-0.4, -0.2) is 21.5 Å². The summed E-state index contributed by atoms with van der Waals surface area (Å²) in [5.41, 5.74) is 2.28. The van der Waals surface area contributed by atoms with E-state index in [0.717, 1.165) is 30.9 Å². The van der Waals surface area contributed by atoms with Crippen LogP contribution in [0, 0.1) is 5.92 Å². The normalized spacial score (nSPS) is 15.3. The highest BCUT2D eigenvalue weighted by atomic mass is 32.2. The SMILES string of the molecule is CCNCc1cc(S(=O)(=O)NCCC2CC2)ccc1CC. The van der Waals surface area contributed by atoms with Gasteiger partial charge in [0.25, 0.3) is 0 Å². The van der Waals surface area contributed by atoms with Crippen LogP contribution >= 0.6 is 0 Å². The summed E-state index contributed by atoms with van der Waals surface area (Å²) in [6.45, 7) is 6.27. The van der Waals surface area contributed by atoms with Crippen molar-refractivity contribution in [2.24, 2.45) is 5.92 Å². The zero-order valence-corrected chi connectivity index (χ0v) is 13.8. The van der Waals surface area contributed by atoms with E-state index < -0.39 is 10.0 Å². The maximum Gasteiger partial charge on any atom is 0.240 e. The van der Waals surface area contributed by atoms with Crippen molar-refractivity contribution in [1.82, 2.24) is 10.0 Å². The lowest BCUT2D eigenvalue weighted by atomic mass is 10.1. The Bertz CT molecular complexity index is 566. The van der Waals surface area contributed by atoms with Crippen molar-refractivity contribution < 1.29 is 8.42 Å². The highest BCUT2D eigenvalue weighted by Gasteiger charge is 2.22. The van der Waals surface area contributed by atoms with E-state index in [0.29, 0.717) is 18.0 Å².